The fourth-order valence-corrected chi connectivity index (χ4v) is 7.31. The Balaban J connectivity index is 1.36. The lowest BCUT2D eigenvalue weighted by Crippen LogP contribution is -2.64. The van der Waals surface area contributed by atoms with Crippen LogP contribution >= 0.6 is 0 Å². The summed E-state index contributed by atoms with van der Waals surface area (Å²) in [7, 11) is 0. The van der Waals surface area contributed by atoms with Crippen molar-refractivity contribution >= 4 is 0 Å². The van der Waals surface area contributed by atoms with E-state index in [0.29, 0.717) is 38.5 Å². The second-order valence-electron chi connectivity index (χ2n) is 12.5. The van der Waals surface area contributed by atoms with Gasteiger partial charge in [0.15, 0.2) is 24.8 Å². The van der Waals surface area contributed by atoms with Crippen LogP contribution in [0.5, 0.6) is 0 Å². The largest absolute Gasteiger partial charge is 0.427 e. The van der Waals surface area contributed by atoms with Crippen molar-refractivity contribution in [2.75, 3.05) is 13.2 Å². The lowest BCUT2D eigenvalue weighted by atomic mass is 9.73. The lowest BCUT2D eigenvalue weighted by Gasteiger charge is -2.50. The highest BCUT2D eigenvalue weighted by molar-refractivity contribution is 4.99. The first-order valence-corrected chi connectivity index (χ1v) is 15.0. The highest BCUT2D eigenvalue weighted by Gasteiger charge is 2.56. The topological polar surface area (TPSA) is 252 Å². The van der Waals surface area contributed by atoms with Gasteiger partial charge in [-0.25, -0.2) is 0 Å². The predicted octanol–water partition coefficient (Wildman–Crippen LogP) is -4.65. The highest BCUT2D eigenvalue weighted by atomic mass is 16.7. The van der Waals surface area contributed by atoms with Crippen LogP contribution in [-0.2, 0) is 18.9 Å². The van der Waals surface area contributed by atoms with E-state index in [9.17, 15) is 51.1 Å². The summed E-state index contributed by atoms with van der Waals surface area (Å²) in [6.45, 7) is -1.23. The van der Waals surface area contributed by atoms with E-state index >= 15 is 0 Å². The minimum Gasteiger partial charge on any atom is -0.427 e. The van der Waals surface area contributed by atoms with E-state index in [1.54, 1.807) is 0 Å². The fourth-order valence-electron chi connectivity index (χ4n) is 7.31. The molecule has 2 saturated carbocycles. The van der Waals surface area contributed by atoms with E-state index in [4.69, 9.17) is 23.7 Å². The van der Waals surface area contributed by atoms with E-state index in [2.05, 4.69) is 0 Å². The molecule has 5 fully saturated rings. The van der Waals surface area contributed by atoms with Gasteiger partial charge >= 0.3 is 0 Å². The summed E-state index contributed by atoms with van der Waals surface area (Å²) in [4.78, 5) is 0. The third kappa shape index (κ3) is 6.66. The molecular formula is C27H47O15+. The van der Waals surface area contributed by atoms with Gasteiger partial charge in [0.25, 0.3) is 0 Å². The smallest absolute Gasteiger partial charge is 0.187 e. The first kappa shape index (κ1) is 32.8. The van der Waals surface area contributed by atoms with Gasteiger partial charge < -0.3 is 74.7 Å². The molecule has 3 aliphatic heterocycles. The summed E-state index contributed by atoms with van der Waals surface area (Å²) in [5, 5.41) is 102. The van der Waals surface area contributed by atoms with E-state index in [1.807, 2.05) is 0 Å². The van der Waals surface area contributed by atoms with Crippen molar-refractivity contribution in [2.45, 2.75) is 143 Å². The molecule has 5 rings (SSSR count). The van der Waals surface area contributed by atoms with Gasteiger partial charge in [0.05, 0.1) is 37.4 Å². The predicted molar refractivity (Wildman–Crippen MR) is 138 cm³/mol. The fraction of sp³-hybridized carbons (Fsp3) is 1.00. The van der Waals surface area contributed by atoms with Crippen LogP contribution in [0.3, 0.4) is 0 Å². The molecule has 16 unspecified atom stereocenters. The SMILES string of the molecule is OCC1OC(OC2CC(O)CC3[OH+]C(C4CCC(O)CC4)C(OC4OC(CO)C(O)C(O)C4O)CC23)C(O)C(O)C1O. The third-order valence-corrected chi connectivity index (χ3v) is 9.78. The Labute approximate surface area is 243 Å². The maximum Gasteiger partial charge on any atom is 0.187 e. The number of aliphatic hydroxyl groups excluding tert-OH is 10. The number of hydrogen-bond donors (Lipinski definition) is 10. The molecule has 16 atom stereocenters. The molecule has 0 aromatic heterocycles. The monoisotopic (exact) mass is 611 g/mol. The lowest BCUT2D eigenvalue weighted by molar-refractivity contribution is -0.366. The van der Waals surface area contributed by atoms with Gasteiger partial charge in [0.1, 0.15) is 54.9 Å². The number of aliphatic hydroxyl groups is 12. The molecule has 244 valence electrons. The van der Waals surface area contributed by atoms with E-state index in [0.717, 1.165) is 0 Å². The molecule has 0 bridgehead atoms. The van der Waals surface area contributed by atoms with Crippen molar-refractivity contribution < 1.29 is 74.7 Å². The van der Waals surface area contributed by atoms with Gasteiger partial charge in [-0.05, 0) is 32.1 Å². The van der Waals surface area contributed by atoms with Crippen LogP contribution in [0.1, 0.15) is 44.9 Å². The van der Waals surface area contributed by atoms with Crippen molar-refractivity contribution in [3.8, 4) is 0 Å². The Morgan fingerprint density at radius 2 is 1.10 bits per heavy atom. The average molecular weight is 612 g/mol. The first-order chi connectivity index (χ1) is 20.0. The third-order valence-electron chi connectivity index (χ3n) is 9.78. The Bertz CT molecular complexity index is 855. The molecule has 5 aliphatic rings. The summed E-state index contributed by atoms with van der Waals surface area (Å²) in [5.74, 6) is -0.353. The molecule has 3 heterocycles. The highest BCUT2D eigenvalue weighted by Crippen LogP contribution is 2.43. The van der Waals surface area contributed by atoms with Crippen molar-refractivity contribution in [1.82, 2.24) is 0 Å². The molecule has 0 amide bonds. The Morgan fingerprint density at radius 3 is 1.62 bits per heavy atom. The zero-order chi connectivity index (χ0) is 30.3. The Morgan fingerprint density at radius 1 is 0.571 bits per heavy atom. The maximum absolute atomic E-state index is 10.7. The number of fused-ring (bicyclic) bond motifs is 1. The summed E-state index contributed by atoms with van der Waals surface area (Å²) >= 11 is 0. The van der Waals surface area contributed by atoms with Crippen LogP contribution in [0.2, 0.25) is 0 Å². The molecule has 3 saturated heterocycles. The Kier molecular flexibility index (Phi) is 10.8. The van der Waals surface area contributed by atoms with Crippen molar-refractivity contribution in [3.63, 3.8) is 0 Å². The molecule has 0 spiro atoms. The van der Waals surface area contributed by atoms with Gasteiger partial charge in [0.2, 0.25) is 0 Å². The second-order valence-corrected chi connectivity index (χ2v) is 12.5. The molecular weight excluding hydrogens is 564 g/mol. The zero-order valence-electron chi connectivity index (χ0n) is 23.3. The van der Waals surface area contributed by atoms with Gasteiger partial charge in [0, 0.05) is 18.8 Å². The van der Waals surface area contributed by atoms with Gasteiger partial charge in [-0.2, -0.15) is 0 Å². The number of ether oxygens (including phenoxy) is 5. The summed E-state index contributed by atoms with van der Waals surface area (Å²) < 4.78 is 28.7. The van der Waals surface area contributed by atoms with Crippen molar-refractivity contribution in [2.24, 2.45) is 11.8 Å². The van der Waals surface area contributed by atoms with Gasteiger partial charge in [-0.1, -0.05) is 0 Å². The van der Waals surface area contributed by atoms with Gasteiger partial charge in [-0.3, -0.25) is 0 Å². The van der Waals surface area contributed by atoms with E-state index in [-0.39, 0.29) is 24.4 Å². The molecule has 42 heavy (non-hydrogen) atoms. The molecule has 11 N–H and O–H groups in total. The molecule has 0 aromatic rings. The first-order valence-electron chi connectivity index (χ1n) is 15.0. The van der Waals surface area contributed by atoms with Crippen molar-refractivity contribution in [3.05, 3.63) is 0 Å². The minimum atomic E-state index is -1.63. The van der Waals surface area contributed by atoms with Gasteiger partial charge in [-0.15, -0.1) is 0 Å². The zero-order valence-corrected chi connectivity index (χ0v) is 23.3. The number of hydrogen-bond acceptors (Lipinski definition) is 14. The van der Waals surface area contributed by atoms with Crippen LogP contribution in [0.15, 0.2) is 0 Å². The van der Waals surface area contributed by atoms with Crippen LogP contribution in [0.4, 0.5) is 0 Å². The quantitative estimate of drug-likeness (QED) is 0.122. The Hall–Kier alpha value is -0.600. The molecule has 0 aromatic carbocycles. The summed E-state index contributed by atoms with van der Waals surface area (Å²) in [6, 6.07) is 0. The normalized spacial score (nSPS) is 53.9. The van der Waals surface area contributed by atoms with E-state index < -0.39 is 105 Å². The molecule has 15 nitrogen and oxygen atoms in total. The van der Waals surface area contributed by atoms with E-state index in [1.165, 1.54) is 0 Å². The van der Waals surface area contributed by atoms with Crippen LogP contribution in [0.25, 0.3) is 0 Å². The second kappa shape index (κ2) is 13.8. The van der Waals surface area contributed by atoms with Crippen molar-refractivity contribution in [1.29, 1.82) is 0 Å². The van der Waals surface area contributed by atoms with Crippen LogP contribution in [-0.4, -0.2) is 167 Å². The maximum atomic E-state index is 10.7. The average Bonchev–Trinajstić information content (AvgIpc) is 2.98. The summed E-state index contributed by atoms with van der Waals surface area (Å²) in [5.41, 5.74) is 0. The minimum absolute atomic E-state index is 0.0214. The molecule has 0 radical (unpaired) electrons. The van der Waals surface area contributed by atoms with Crippen LogP contribution < -0.4 is 0 Å². The number of rotatable bonds is 7. The molecule has 15 heteroatoms. The van der Waals surface area contributed by atoms with Crippen LogP contribution in [0, 0.1) is 11.8 Å². The standard InChI is InChI=1S/C27H46O15/c28-8-17-19(32)21(34)23(36)26(41-17)39-15-6-12(31)5-14-13(15)7-16(25(38-14)10-1-3-11(30)4-2-10)40-27-24(37)22(35)20(33)18(9-29)42-27/h10-37H,1-9H2/p+1. The molecule has 2 aliphatic carbocycles. The summed E-state index contributed by atoms with van der Waals surface area (Å²) in [6.07, 6.45) is -14.8.